The molecule has 18 heavy (non-hydrogen) atoms. The highest BCUT2D eigenvalue weighted by atomic mass is 32.3. The molecule has 0 saturated heterocycles. The molecule has 0 aromatic heterocycles. The molecule has 4 N–H and O–H groups in total. The van der Waals surface area contributed by atoms with Crippen molar-refractivity contribution in [3.05, 3.63) is 12.1 Å². The zero-order valence-corrected chi connectivity index (χ0v) is 10.0. The minimum absolute atomic E-state index is 0.219. The van der Waals surface area contributed by atoms with Crippen LogP contribution in [0.1, 0.15) is 0 Å². The Morgan fingerprint density at radius 2 is 1.11 bits per heavy atom. The van der Waals surface area contributed by atoms with Gasteiger partial charge in [-0.3, -0.25) is 0 Å². The molecule has 1 aliphatic rings. The maximum Gasteiger partial charge on any atom is 0.477 e. The van der Waals surface area contributed by atoms with Crippen molar-refractivity contribution in [2.24, 2.45) is 0 Å². The van der Waals surface area contributed by atoms with Crippen molar-refractivity contribution < 1.29 is 33.9 Å². The van der Waals surface area contributed by atoms with Crippen LogP contribution in [0.5, 0.6) is 11.5 Å². The molecule has 0 bridgehead atoms. The Bertz CT molecular complexity index is 634. The molecule has 1 aromatic carbocycles. The first kappa shape index (κ1) is 12.7. The predicted molar refractivity (Wildman–Crippen MR) is 56.5 cm³/mol. The van der Waals surface area contributed by atoms with Crippen LogP contribution in [0.15, 0.2) is 12.1 Å². The number of anilines is 2. The molecule has 0 unspecified atom stereocenters. The van der Waals surface area contributed by atoms with Gasteiger partial charge in [-0.15, -0.1) is 0 Å². The lowest BCUT2D eigenvalue weighted by atomic mass is 10.2. The summed E-state index contributed by atoms with van der Waals surface area (Å²) in [7, 11) is -9.57. The van der Waals surface area contributed by atoms with Gasteiger partial charge in [0.05, 0.1) is 11.4 Å². The topological polar surface area (TPSA) is 157 Å². The smallest absolute Gasteiger partial charge is 0.396 e. The normalized spacial score (nSPS) is 20.7. The SMILES string of the molecule is Nc1ccc(N)c2c1OS(=O)(=O)OOS(=O)(=O)O2. The summed E-state index contributed by atoms with van der Waals surface area (Å²) in [6, 6.07) is 2.39. The molecule has 0 saturated carbocycles. The van der Waals surface area contributed by atoms with Crippen molar-refractivity contribution in [3.8, 4) is 11.5 Å². The van der Waals surface area contributed by atoms with Crippen LogP contribution in [0.25, 0.3) is 0 Å². The van der Waals surface area contributed by atoms with E-state index in [9.17, 15) is 16.8 Å². The van der Waals surface area contributed by atoms with Crippen LogP contribution in [-0.2, 0) is 29.5 Å². The molecule has 0 spiro atoms. The van der Waals surface area contributed by atoms with E-state index >= 15 is 0 Å². The molecule has 0 fully saturated rings. The summed E-state index contributed by atoms with van der Waals surface area (Å²) in [5.74, 6) is -1.22. The van der Waals surface area contributed by atoms with E-state index in [0.29, 0.717) is 0 Å². The third-order valence-corrected chi connectivity index (χ3v) is 3.04. The van der Waals surface area contributed by atoms with Gasteiger partial charge < -0.3 is 19.8 Å². The first-order chi connectivity index (χ1) is 8.20. The van der Waals surface area contributed by atoms with Crippen molar-refractivity contribution >= 4 is 32.2 Å². The fraction of sp³-hybridized carbons (Fsp3) is 0. The minimum Gasteiger partial charge on any atom is -0.396 e. The van der Waals surface area contributed by atoms with E-state index in [-0.39, 0.29) is 11.4 Å². The summed E-state index contributed by atoms with van der Waals surface area (Å²) in [6.45, 7) is 0. The van der Waals surface area contributed by atoms with E-state index in [1.807, 2.05) is 0 Å². The van der Waals surface area contributed by atoms with Gasteiger partial charge in [0.25, 0.3) is 0 Å². The van der Waals surface area contributed by atoms with Crippen LogP contribution in [0, 0.1) is 0 Å². The summed E-state index contributed by atoms with van der Waals surface area (Å²) in [5, 5.41) is 0. The molecule has 12 heteroatoms. The lowest BCUT2D eigenvalue weighted by Crippen LogP contribution is -2.24. The molecule has 1 aliphatic heterocycles. The number of rotatable bonds is 0. The molecule has 1 heterocycles. The molecule has 1 aromatic rings. The zero-order valence-electron chi connectivity index (χ0n) is 8.39. The van der Waals surface area contributed by atoms with E-state index < -0.39 is 32.3 Å². The Morgan fingerprint density at radius 3 is 1.44 bits per heavy atom. The second kappa shape index (κ2) is 3.88. The number of fused-ring (bicyclic) bond motifs is 1. The molecule has 0 amide bonds. The average Bonchev–Trinajstić information content (AvgIpc) is 2.25. The summed E-state index contributed by atoms with van der Waals surface area (Å²) >= 11 is 0. The third-order valence-electron chi connectivity index (χ3n) is 1.74. The molecule has 0 atom stereocenters. The van der Waals surface area contributed by atoms with Crippen molar-refractivity contribution in [3.63, 3.8) is 0 Å². The van der Waals surface area contributed by atoms with Gasteiger partial charge >= 0.3 is 20.8 Å². The van der Waals surface area contributed by atoms with Gasteiger partial charge in [-0.2, -0.15) is 16.8 Å². The van der Waals surface area contributed by atoms with Crippen LogP contribution in [0.3, 0.4) is 0 Å². The summed E-state index contributed by atoms with van der Waals surface area (Å²) in [5.41, 5.74) is 10.4. The van der Waals surface area contributed by atoms with Gasteiger partial charge in [0.1, 0.15) is 0 Å². The summed E-state index contributed by atoms with van der Waals surface area (Å²) in [6.07, 6.45) is 0. The lowest BCUT2D eigenvalue weighted by Gasteiger charge is -2.16. The maximum atomic E-state index is 11.2. The zero-order chi connectivity index (χ0) is 13.6. The van der Waals surface area contributed by atoms with Crippen LogP contribution >= 0.6 is 0 Å². The van der Waals surface area contributed by atoms with Crippen LogP contribution in [-0.4, -0.2) is 16.8 Å². The van der Waals surface area contributed by atoms with Crippen LogP contribution in [0.2, 0.25) is 0 Å². The predicted octanol–water partition coefficient (Wildman–Crippen LogP) is -0.940. The molecule has 0 radical (unpaired) electrons. The third kappa shape index (κ3) is 2.40. The Morgan fingerprint density at radius 1 is 0.778 bits per heavy atom. The van der Waals surface area contributed by atoms with Crippen molar-refractivity contribution in [1.29, 1.82) is 0 Å². The van der Waals surface area contributed by atoms with Crippen molar-refractivity contribution in [2.45, 2.75) is 0 Å². The Labute approximate surface area is 102 Å². The molecule has 10 nitrogen and oxygen atoms in total. The quantitative estimate of drug-likeness (QED) is 0.452. The number of nitrogens with two attached hydrogens (primary N) is 2. The molecular formula is C6H6N2O8S2. The highest BCUT2D eigenvalue weighted by molar-refractivity contribution is 7.84. The van der Waals surface area contributed by atoms with Gasteiger partial charge in [-0.1, -0.05) is 8.67 Å². The van der Waals surface area contributed by atoms with Gasteiger partial charge in [0.2, 0.25) is 11.5 Å². The molecule has 0 aliphatic carbocycles. The largest absolute Gasteiger partial charge is 0.477 e. The highest BCUT2D eigenvalue weighted by Gasteiger charge is 2.32. The first-order valence-corrected chi connectivity index (χ1v) is 6.81. The lowest BCUT2D eigenvalue weighted by molar-refractivity contribution is -0.104. The summed E-state index contributed by atoms with van der Waals surface area (Å²) < 4.78 is 60.5. The van der Waals surface area contributed by atoms with E-state index in [2.05, 4.69) is 17.0 Å². The Balaban J connectivity index is 2.71. The number of hydrogen-bond donors (Lipinski definition) is 2. The number of hydrogen-bond acceptors (Lipinski definition) is 10. The van der Waals surface area contributed by atoms with E-state index in [4.69, 9.17) is 11.5 Å². The number of benzene rings is 1. The average molecular weight is 298 g/mol. The van der Waals surface area contributed by atoms with Crippen molar-refractivity contribution in [1.82, 2.24) is 0 Å². The first-order valence-electron chi connectivity index (χ1n) is 4.15. The van der Waals surface area contributed by atoms with Gasteiger partial charge in [-0.25, -0.2) is 0 Å². The minimum atomic E-state index is -4.78. The second-order valence-corrected chi connectivity index (χ2v) is 5.26. The highest BCUT2D eigenvalue weighted by Crippen LogP contribution is 2.41. The molecule has 2 rings (SSSR count). The molecule has 100 valence electrons. The van der Waals surface area contributed by atoms with Crippen LogP contribution in [0.4, 0.5) is 11.4 Å². The second-order valence-electron chi connectivity index (χ2n) is 3.02. The fourth-order valence-corrected chi connectivity index (χ4v) is 2.42. The maximum absolute atomic E-state index is 11.2. The van der Waals surface area contributed by atoms with Crippen LogP contribution < -0.4 is 19.8 Å². The fourth-order valence-electron chi connectivity index (χ4n) is 1.06. The summed E-state index contributed by atoms with van der Waals surface area (Å²) in [4.78, 5) is 0. The van der Waals surface area contributed by atoms with E-state index in [1.54, 1.807) is 0 Å². The monoisotopic (exact) mass is 298 g/mol. The Hall–Kier alpha value is -1.76. The Kier molecular flexibility index (Phi) is 2.73. The van der Waals surface area contributed by atoms with E-state index in [0.717, 1.165) is 0 Å². The van der Waals surface area contributed by atoms with E-state index in [1.165, 1.54) is 12.1 Å². The van der Waals surface area contributed by atoms with Gasteiger partial charge in [0, 0.05) is 0 Å². The molecular weight excluding hydrogens is 292 g/mol. The van der Waals surface area contributed by atoms with Crippen molar-refractivity contribution in [2.75, 3.05) is 11.5 Å². The van der Waals surface area contributed by atoms with Gasteiger partial charge in [0.15, 0.2) is 0 Å². The van der Waals surface area contributed by atoms with Gasteiger partial charge in [-0.05, 0) is 12.1 Å². The standard InChI is InChI=1S/C6H6N2O8S2/c7-3-1-2-4(8)6-5(3)13-17(9,10)15-16-18(11,12)14-6/h1-2H,7-8H2. The number of nitrogen functional groups attached to an aromatic ring is 2.